The second kappa shape index (κ2) is 3.93. The Morgan fingerprint density at radius 1 is 0.800 bits per heavy atom. The van der Waals surface area contributed by atoms with Crippen LogP contribution in [0.15, 0.2) is 24.3 Å². The van der Waals surface area contributed by atoms with Gasteiger partial charge in [0.25, 0.3) is 0 Å². The van der Waals surface area contributed by atoms with Crippen LogP contribution in [0, 0.1) is 13.8 Å². The van der Waals surface area contributed by atoms with E-state index in [1.54, 1.807) is 13.8 Å². The fraction of sp³-hybridized carbons (Fsp3) is 0.125. The van der Waals surface area contributed by atoms with Gasteiger partial charge in [-0.15, -0.1) is 0 Å². The summed E-state index contributed by atoms with van der Waals surface area (Å²) in [4.78, 5) is 25.0. The SMILES string of the molecule is Cc1c(O)cc2c(c1C)C(=O)c1c(O)cccc1C2=O. The predicted molar refractivity (Wildman–Crippen MR) is 72.6 cm³/mol. The molecule has 0 heterocycles. The maximum Gasteiger partial charge on any atom is 0.198 e. The lowest BCUT2D eigenvalue weighted by molar-refractivity contribution is 0.0976. The number of ketones is 2. The lowest BCUT2D eigenvalue weighted by Gasteiger charge is -2.21. The summed E-state index contributed by atoms with van der Waals surface area (Å²) in [6.07, 6.45) is 0. The van der Waals surface area contributed by atoms with Crippen molar-refractivity contribution < 1.29 is 19.8 Å². The summed E-state index contributed by atoms with van der Waals surface area (Å²) < 4.78 is 0. The van der Waals surface area contributed by atoms with Crippen LogP contribution in [0.4, 0.5) is 0 Å². The molecule has 0 amide bonds. The van der Waals surface area contributed by atoms with Crippen molar-refractivity contribution in [3.63, 3.8) is 0 Å². The first-order valence-electron chi connectivity index (χ1n) is 6.18. The van der Waals surface area contributed by atoms with Gasteiger partial charge in [0.2, 0.25) is 0 Å². The Bertz CT molecular complexity index is 788. The number of phenols is 2. The number of hydrogen-bond donors (Lipinski definition) is 2. The maximum atomic E-state index is 12.6. The average molecular weight is 268 g/mol. The smallest absolute Gasteiger partial charge is 0.198 e. The van der Waals surface area contributed by atoms with Crippen molar-refractivity contribution in [3.8, 4) is 11.5 Å². The second-order valence-electron chi connectivity index (χ2n) is 4.93. The number of fused-ring (bicyclic) bond motifs is 2. The number of benzene rings is 2. The Hall–Kier alpha value is -2.62. The first kappa shape index (κ1) is 12.4. The zero-order valence-corrected chi connectivity index (χ0v) is 11.0. The number of carbonyl (C=O) groups is 2. The van der Waals surface area contributed by atoms with Crippen molar-refractivity contribution in [1.29, 1.82) is 0 Å². The molecule has 3 rings (SSSR count). The van der Waals surface area contributed by atoms with Crippen molar-refractivity contribution in [2.24, 2.45) is 0 Å². The van der Waals surface area contributed by atoms with Crippen LogP contribution >= 0.6 is 0 Å². The molecular weight excluding hydrogens is 256 g/mol. The van der Waals surface area contributed by atoms with Crippen LogP contribution in [0.2, 0.25) is 0 Å². The number of aromatic hydroxyl groups is 2. The summed E-state index contributed by atoms with van der Waals surface area (Å²) in [5.41, 5.74) is 1.78. The van der Waals surface area contributed by atoms with Crippen LogP contribution in [0.3, 0.4) is 0 Å². The van der Waals surface area contributed by atoms with Gasteiger partial charge in [0, 0.05) is 16.7 Å². The van der Waals surface area contributed by atoms with Gasteiger partial charge in [-0.25, -0.2) is 0 Å². The molecule has 0 aromatic heterocycles. The van der Waals surface area contributed by atoms with Crippen LogP contribution in [0.1, 0.15) is 43.0 Å². The lowest BCUT2D eigenvalue weighted by atomic mass is 9.80. The molecule has 0 atom stereocenters. The van der Waals surface area contributed by atoms with Crippen molar-refractivity contribution in [2.45, 2.75) is 13.8 Å². The molecule has 1 aliphatic rings. The Morgan fingerprint density at radius 2 is 1.50 bits per heavy atom. The third-order valence-electron chi connectivity index (χ3n) is 3.86. The summed E-state index contributed by atoms with van der Waals surface area (Å²) in [6.45, 7) is 3.37. The summed E-state index contributed by atoms with van der Waals surface area (Å²) in [6, 6.07) is 5.73. The van der Waals surface area contributed by atoms with E-state index in [9.17, 15) is 19.8 Å². The van der Waals surface area contributed by atoms with Crippen molar-refractivity contribution in [2.75, 3.05) is 0 Å². The average Bonchev–Trinajstić information content (AvgIpc) is 2.41. The van der Waals surface area contributed by atoms with Crippen LogP contribution in [0.25, 0.3) is 0 Å². The molecule has 2 aromatic carbocycles. The van der Waals surface area contributed by atoms with Gasteiger partial charge in [0.05, 0.1) is 5.56 Å². The van der Waals surface area contributed by atoms with E-state index in [4.69, 9.17) is 0 Å². The van der Waals surface area contributed by atoms with Gasteiger partial charge in [-0.1, -0.05) is 12.1 Å². The lowest BCUT2D eigenvalue weighted by Crippen LogP contribution is -2.22. The van der Waals surface area contributed by atoms with E-state index in [-0.39, 0.29) is 45.3 Å². The third-order valence-corrected chi connectivity index (χ3v) is 3.86. The monoisotopic (exact) mass is 268 g/mol. The normalized spacial score (nSPS) is 13.1. The van der Waals surface area contributed by atoms with E-state index in [0.29, 0.717) is 11.1 Å². The summed E-state index contributed by atoms with van der Waals surface area (Å²) in [5.74, 6) is -0.945. The van der Waals surface area contributed by atoms with E-state index in [1.807, 2.05) is 0 Å². The molecule has 4 heteroatoms. The van der Waals surface area contributed by atoms with Gasteiger partial charge >= 0.3 is 0 Å². The highest BCUT2D eigenvalue weighted by Gasteiger charge is 2.34. The van der Waals surface area contributed by atoms with Gasteiger partial charge in [-0.05, 0) is 37.1 Å². The highest BCUT2D eigenvalue weighted by molar-refractivity contribution is 6.30. The Balaban J connectivity index is 2.42. The van der Waals surface area contributed by atoms with Crippen LogP contribution in [-0.4, -0.2) is 21.8 Å². The largest absolute Gasteiger partial charge is 0.508 e. The molecule has 1 aliphatic carbocycles. The van der Waals surface area contributed by atoms with Crippen LogP contribution in [-0.2, 0) is 0 Å². The topological polar surface area (TPSA) is 74.6 Å². The minimum Gasteiger partial charge on any atom is -0.508 e. The predicted octanol–water partition coefficient (Wildman–Crippen LogP) is 2.49. The molecule has 2 N–H and O–H groups in total. The van der Waals surface area contributed by atoms with Gasteiger partial charge in [-0.2, -0.15) is 0 Å². The molecule has 0 spiro atoms. The highest BCUT2D eigenvalue weighted by Crippen LogP contribution is 2.37. The minimum absolute atomic E-state index is 0.00833. The first-order chi connectivity index (χ1) is 9.43. The fourth-order valence-corrected chi connectivity index (χ4v) is 2.61. The maximum absolute atomic E-state index is 12.6. The van der Waals surface area contributed by atoms with E-state index >= 15 is 0 Å². The molecule has 0 saturated heterocycles. The fourth-order valence-electron chi connectivity index (χ4n) is 2.61. The quantitative estimate of drug-likeness (QED) is 0.657. The zero-order chi connectivity index (χ0) is 14.6. The molecular formula is C16H12O4. The molecule has 4 nitrogen and oxygen atoms in total. The standard InChI is InChI=1S/C16H12O4/c1-7-8(2)13-10(6-12(7)18)15(19)9-4-3-5-11(17)14(9)16(13)20/h3-6,17-18H,1-2H3. The Labute approximate surface area is 115 Å². The van der Waals surface area contributed by atoms with Crippen LogP contribution in [0.5, 0.6) is 11.5 Å². The second-order valence-corrected chi connectivity index (χ2v) is 4.93. The van der Waals surface area contributed by atoms with E-state index in [0.717, 1.165) is 0 Å². The van der Waals surface area contributed by atoms with Crippen molar-refractivity contribution >= 4 is 11.6 Å². The summed E-state index contributed by atoms with van der Waals surface area (Å²) >= 11 is 0. The molecule has 0 fully saturated rings. The Kier molecular flexibility index (Phi) is 2.44. The zero-order valence-electron chi connectivity index (χ0n) is 11.0. The first-order valence-corrected chi connectivity index (χ1v) is 6.18. The molecule has 0 bridgehead atoms. The molecule has 0 radical (unpaired) electrons. The molecule has 0 unspecified atom stereocenters. The highest BCUT2D eigenvalue weighted by atomic mass is 16.3. The van der Waals surface area contributed by atoms with Gasteiger partial charge in [0.1, 0.15) is 11.5 Å². The third kappa shape index (κ3) is 1.42. The van der Waals surface area contributed by atoms with Gasteiger partial charge in [-0.3, -0.25) is 9.59 Å². The number of hydrogen-bond acceptors (Lipinski definition) is 4. The molecule has 0 aliphatic heterocycles. The molecule has 100 valence electrons. The number of carbonyl (C=O) groups excluding carboxylic acids is 2. The van der Waals surface area contributed by atoms with E-state index in [2.05, 4.69) is 0 Å². The van der Waals surface area contributed by atoms with Crippen LogP contribution < -0.4 is 0 Å². The summed E-state index contributed by atoms with van der Waals surface area (Å²) in [5, 5.41) is 19.7. The van der Waals surface area contributed by atoms with Crippen molar-refractivity contribution in [3.05, 3.63) is 57.6 Å². The minimum atomic E-state index is -0.381. The molecule has 0 saturated carbocycles. The van der Waals surface area contributed by atoms with Gasteiger partial charge in [0.15, 0.2) is 11.6 Å². The summed E-state index contributed by atoms with van der Waals surface area (Å²) in [7, 11) is 0. The molecule has 2 aromatic rings. The Morgan fingerprint density at radius 3 is 2.20 bits per heavy atom. The van der Waals surface area contributed by atoms with Crippen molar-refractivity contribution in [1.82, 2.24) is 0 Å². The number of rotatable bonds is 0. The van der Waals surface area contributed by atoms with E-state index in [1.165, 1.54) is 24.3 Å². The van der Waals surface area contributed by atoms with Gasteiger partial charge < -0.3 is 10.2 Å². The number of phenolic OH excluding ortho intramolecular Hbond substituents is 2. The van der Waals surface area contributed by atoms with E-state index < -0.39 is 0 Å². The molecule has 20 heavy (non-hydrogen) atoms.